The Morgan fingerprint density at radius 3 is 3.17 bits per heavy atom. The first kappa shape index (κ1) is 11.7. The number of benzene rings is 1. The summed E-state index contributed by atoms with van der Waals surface area (Å²) < 4.78 is 22.9. The monoisotopic (exact) mass is 266 g/mol. The third-order valence-corrected chi connectivity index (χ3v) is 4.34. The number of aromatic nitrogens is 1. The highest BCUT2D eigenvalue weighted by Crippen LogP contribution is 2.22. The third-order valence-electron chi connectivity index (χ3n) is 3.00. The highest BCUT2D eigenvalue weighted by Gasteiger charge is 2.22. The Kier molecular flexibility index (Phi) is 3.05. The quantitative estimate of drug-likeness (QED) is 0.853. The molecule has 2 atom stereocenters. The van der Waals surface area contributed by atoms with Crippen LogP contribution in [0.5, 0.6) is 0 Å². The van der Waals surface area contributed by atoms with Crippen LogP contribution in [0.1, 0.15) is 6.42 Å². The van der Waals surface area contributed by atoms with E-state index in [4.69, 9.17) is 14.9 Å². The molecule has 18 heavy (non-hydrogen) atoms. The standard InChI is InChI=1S/C12H14N2O3S/c13-9-1-2-10-11(5-9)17-12(14-10)18(15)7-8-3-4-16-6-8/h1-2,5,8H,3-4,6-7,13H2. The summed E-state index contributed by atoms with van der Waals surface area (Å²) in [6.45, 7) is 1.44. The SMILES string of the molecule is Nc1ccc2nc(S(=O)CC3CCOC3)oc2c1. The van der Waals surface area contributed by atoms with Gasteiger partial charge >= 0.3 is 0 Å². The molecule has 2 N–H and O–H groups in total. The Labute approximate surface area is 107 Å². The van der Waals surface area contributed by atoms with Gasteiger partial charge in [0.25, 0.3) is 5.22 Å². The highest BCUT2D eigenvalue weighted by atomic mass is 32.2. The number of nitrogens with two attached hydrogens (primary N) is 1. The lowest BCUT2D eigenvalue weighted by molar-refractivity contribution is 0.188. The zero-order valence-electron chi connectivity index (χ0n) is 9.80. The first-order valence-electron chi connectivity index (χ1n) is 5.84. The minimum atomic E-state index is -1.21. The van der Waals surface area contributed by atoms with Gasteiger partial charge in [0.2, 0.25) is 0 Å². The van der Waals surface area contributed by atoms with Gasteiger partial charge in [0.05, 0.1) is 6.61 Å². The van der Waals surface area contributed by atoms with Gasteiger partial charge in [0, 0.05) is 24.1 Å². The van der Waals surface area contributed by atoms with Crippen LogP contribution in [0, 0.1) is 5.92 Å². The van der Waals surface area contributed by atoms with Crippen molar-refractivity contribution < 1.29 is 13.4 Å². The molecule has 2 heterocycles. The lowest BCUT2D eigenvalue weighted by atomic mass is 10.2. The van der Waals surface area contributed by atoms with Crippen molar-refractivity contribution in [1.82, 2.24) is 4.98 Å². The lowest BCUT2D eigenvalue weighted by Crippen LogP contribution is -2.11. The molecule has 2 unspecified atom stereocenters. The van der Waals surface area contributed by atoms with E-state index in [9.17, 15) is 4.21 Å². The minimum absolute atomic E-state index is 0.280. The van der Waals surface area contributed by atoms with Crippen LogP contribution in [0.25, 0.3) is 11.1 Å². The van der Waals surface area contributed by atoms with Crippen LogP contribution < -0.4 is 5.73 Å². The number of anilines is 1. The average Bonchev–Trinajstić information content (AvgIpc) is 2.96. The molecule has 0 spiro atoms. The molecule has 0 bridgehead atoms. The molecule has 2 aromatic rings. The summed E-state index contributed by atoms with van der Waals surface area (Å²) in [5.74, 6) is 0.883. The van der Waals surface area contributed by atoms with Crippen LogP contribution >= 0.6 is 0 Å². The van der Waals surface area contributed by atoms with E-state index in [0.717, 1.165) is 13.0 Å². The predicted molar refractivity (Wildman–Crippen MR) is 68.6 cm³/mol. The zero-order chi connectivity index (χ0) is 12.5. The molecule has 1 aromatic heterocycles. The fourth-order valence-corrected chi connectivity index (χ4v) is 3.23. The fourth-order valence-electron chi connectivity index (χ4n) is 2.02. The molecule has 0 aliphatic carbocycles. The average molecular weight is 266 g/mol. The smallest absolute Gasteiger partial charge is 0.287 e. The first-order valence-corrected chi connectivity index (χ1v) is 7.16. The van der Waals surface area contributed by atoms with Crippen molar-refractivity contribution in [3.05, 3.63) is 18.2 Å². The van der Waals surface area contributed by atoms with Crippen LogP contribution in [0.4, 0.5) is 5.69 Å². The van der Waals surface area contributed by atoms with Crippen molar-refractivity contribution >= 4 is 27.6 Å². The molecule has 0 saturated carbocycles. The number of fused-ring (bicyclic) bond motifs is 1. The minimum Gasteiger partial charge on any atom is -0.430 e. The van der Waals surface area contributed by atoms with E-state index in [1.54, 1.807) is 18.2 Å². The number of nitrogens with zero attached hydrogens (tertiary/aromatic N) is 1. The fraction of sp³-hybridized carbons (Fsp3) is 0.417. The molecule has 1 aliphatic heterocycles. The van der Waals surface area contributed by atoms with Gasteiger partial charge in [-0.15, -0.1) is 0 Å². The summed E-state index contributed by atoms with van der Waals surface area (Å²) in [6.07, 6.45) is 0.957. The number of nitrogen functional groups attached to an aromatic ring is 1. The van der Waals surface area contributed by atoms with E-state index in [-0.39, 0.29) is 5.22 Å². The molecule has 5 nitrogen and oxygen atoms in total. The van der Waals surface area contributed by atoms with Crippen molar-refractivity contribution in [2.75, 3.05) is 24.7 Å². The number of hydrogen-bond donors (Lipinski definition) is 1. The van der Waals surface area contributed by atoms with Gasteiger partial charge in [-0.05, 0) is 24.5 Å². The molecule has 1 saturated heterocycles. The lowest BCUT2D eigenvalue weighted by Gasteiger charge is -2.03. The van der Waals surface area contributed by atoms with Crippen molar-refractivity contribution in [3.8, 4) is 0 Å². The number of oxazole rings is 1. The van der Waals surface area contributed by atoms with Crippen LogP contribution in [-0.2, 0) is 15.5 Å². The van der Waals surface area contributed by atoms with E-state index in [0.29, 0.717) is 35.1 Å². The van der Waals surface area contributed by atoms with E-state index >= 15 is 0 Å². The summed E-state index contributed by atoms with van der Waals surface area (Å²) in [6, 6.07) is 5.22. The second-order valence-electron chi connectivity index (χ2n) is 4.45. The van der Waals surface area contributed by atoms with Crippen LogP contribution in [-0.4, -0.2) is 28.2 Å². The Morgan fingerprint density at radius 1 is 1.50 bits per heavy atom. The van der Waals surface area contributed by atoms with E-state index in [1.807, 2.05) is 0 Å². The zero-order valence-corrected chi connectivity index (χ0v) is 10.6. The summed E-state index contributed by atoms with van der Waals surface area (Å²) in [7, 11) is -1.21. The number of rotatable bonds is 3. The molecule has 96 valence electrons. The van der Waals surface area contributed by atoms with Crippen molar-refractivity contribution in [3.63, 3.8) is 0 Å². The number of ether oxygens (including phenoxy) is 1. The van der Waals surface area contributed by atoms with Crippen molar-refractivity contribution in [2.45, 2.75) is 11.6 Å². The highest BCUT2D eigenvalue weighted by molar-refractivity contribution is 7.84. The Hall–Kier alpha value is -1.40. The molecular formula is C12H14N2O3S. The van der Waals surface area contributed by atoms with Gasteiger partial charge < -0.3 is 14.9 Å². The first-order chi connectivity index (χ1) is 8.72. The summed E-state index contributed by atoms with van der Waals surface area (Å²) in [4.78, 5) is 4.23. The van der Waals surface area contributed by atoms with Crippen LogP contribution in [0.3, 0.4) is 0 Å². The topological polar surface area (TPSA) is 78.3 Å². The van der Waals surface area contributed by atoms with Gasteiger partial charge in [0.15, 0.2) is 5.58 Å². The molecule has 0 amide bonds. The second kappa shape index (κ2) is 4.70. The van der Waals surface area contributed by atoms with Crippen molar-refractivity contribution in [2.24, 2.45) is 5.92 Å². The second-order valence-corrected chi connectivity index (χ2v) is 5.82. The molecule has 6 heteroatoms. The van der Waals surface area contributed by atoms with Gasteiger partial charge in [0.1, 0.15) is 16.3 Å². The predicted octanol–water partition coefficient (Wildman–Crippen LogP) is 1.55. The van der Waals surface area contributed by atoms with Crippen molar-refractivity contribution in [1.29, 1.82) is 0 Å². The van der Waals surface area contributed by atoms with Gasteiger partial charge in [-0.25, -0.2) is 9.19 Å². The van der Waals surface area contributed by atoms with Gasteiger partial charge in [-0.2, -0.15) is 0 Å². The summed E-state index contributed by atoms with van der Waals surface area (Å²) in [5.41, 5.74) is 7.55. The van der Waals surface area contributed by atoms with E-state index in [2.05, 4.69) is 4.98 Å². The van der Waals surface area contributed by atoms with Crippen LogP contribution in [0.15, 0.2) is 27.8 Å². The number of hydrogen-bond acceptors (Lipinski definition) is 5. The van der Waals surface area contributed by atoms with Gasteiger partial charge in [-0.3, -0.25) is 0 Å². The van der Waals surface area contributed by atoms with E-state index < -0.39 is 10.8 Å². The molecule has 1 aliphatic rings. The van der Waals surface area contributed by atoms with Gasteiger partial charge in [-0.1, -0.05) is 0 Å². The normalized spacial score (nSPS) is 21.4. The Morgan fingerprint density at radius 2 is 2.39 bits per heavy atom. The third kappa shape index (κ3) is 2.26. The molecule has 3 rings (SSSR count). The Balaban J connectivity index is 1.82. The molecule has 1 fully saturated rings. The molecule has 1 aromatic carbocycles. The maximum Gasteiger partial charge on any atom is 0.287 e. The maximum absolute atomic E-state index is 12.1. The largest absolute Gasteiger partial charge is 0.430 e. The Bertz CT molecular complexity index is 590. The van der Waals surface area contributed by atoms with E-state index in [1.165, 1.54) is 0 Å². The van der Waals surface area contributed by atoms with Crippen LogP contribution in [0.2, 0.25) is 0 Å². The summed E-state index contributed by atoms with van der Waals surface area (Å²) >= 11 is 0. The maximum atomic E-state index is 12.1. The molecule has 0 radical (unpaired) electrons. The summed E-state index contributed by atoms with van der Waals surface area (Å²) in [5, 5.41) is 0.280. The molecular weight excluding hydrogens is 252 g/mol.